The van der Waals surface area contributed by atoms with Crippen LogP contribution in [0.4, 0.5) is 0 Å². The van der Waals surface area contributed by atoms with E-state index >= 15 is 0 Å². The molecule has 1 aromatic heterocycles. The molecule has 0 spiro atoms. The number of rotatable bonds is 13. The van der Waals surface area contributed by atoms with Crippen LogP contribution in [0.25, 0.3) is 0 Å². The van der Waals surface area contributed by atoms with Gasteiger partial charge >= 0.3 is 0 Å². The second-order valence-electron chi connectivity index (χ2n) is 10.6. The van der Waals surface area contributed by atoms with E-state index in [2.05, 4.69) is 62.1 Å². The van der Waals surface area contributed by atoms with Crippen molar-refractivity contribution in [2.75, 3.05) is 33.4 Å². The molecular weight excluding hydrogens is 448 g/mol. The number of hydrogen-bond acceptors (Lipinski definition) is 4. The summed E-state index contributed by atoms with van der Waals surface area (Å²) in [5.74, 6) is 1.79. The predicted octanol–water partition coefficient (Wildman–Crippen LogP) is 6.00. The van der Waals surface area contributed by atoms with E-state index in [0.717, 1.165) is 37.5 Å². The normalized spacial score (nSPS) is 11.7. The van der Waals surface area contributed by atoms with Crippen molar-refractivity contribution in [3.8, 4) is 0 Å². The first kappa shape index (κ1) is 27.7. The van der Waals surface area contributed by atoms with Crippen molar-refractivity contribution in [1.29, 1.82) is 0 Å². The van der Waals surface area contributed by atoms with Gasteiger partial charge in [0.05, 0.1) is 13.1 Å². The molecule has 0 atom stereocenters. The van der Waals surface area contributed by atoms with Crippen LogP contribution >= 0.6 is 0 Å². The van der Waals surface area contributed by atoms with Crippen LogP contribution in [0.1, 0.15) is 55.4 Å². The van der Waals surface area contributed by atoms with Crippen LogP contribution in [0.15, 0.2) is 71.1 Å². The first-order valence-electron chi connectivity index (χ1n) is 12.9. The van der Waals surface area contributed by atoms with Crippen molar-refractivity contribution < 1.29 is 13.9 Å². The van der Waals surface area contributed by atoms with Gasteiger partial charge in [-0.15, -0.1) is 0 Å². The zero-order chi connectivity index (χ0) is 26.0. The molecule has 3 rings (SSSR count). The van der Waals surface area contributed by atoms with Gasteiger partial charge in [-0.1, -0.05) is 75.4 Å². The molecule has 0 saturated heterocycles. The number of furan rings is 1. The van der Waals surface area contributed by atoms with E-state index in [0.29, 0.717) is 26.2 Å². The fourth-order valence-corrected chi connectivity index (χ4v) is 4.27. The average Bonchev–Trinajstić information content (AvgIpc) is 3.26. The molecule has 5 nitrogen and oxygen atoms in total. The average molecular weight is 491 g/mol. The first-order chi connectivity index (χ1) is 17.2. The summed E-state index contributed by atoms with van der Waals surface area (Å²) in [6.45, 7) is 12.3. The third-order valence-corrected chi connectivity index (χ3v) is 6.42. The number of aryl methyl sites for hydroxylation is 1. The summed E-state index contributed by atoms with van der Waals surface area (Å²) < 4.78 is 11.1. The van der Waals surface area contributed by atoms with Gasteiger partial charge in [0.15, 0.2) is 0 Å². The summed E-state index contributed by atoms with van der Waals surface area (Å²) in [6.07, 6.45) is 1.69. The quantitative estimate of drug-likeness (QED) is 0.276. The van der Waals surface area contributed by atoms with Gasteiger partial charge in [0.25, 0.3) is 0 Å². The molecule has 0 N–H and O–H groups in total. The topological polar surface area (TPSA) is 45.9 Å². The van der Waals surface area contributed by atoms with E-state index < -0.39 is 0 Å². The molecule has 0 saturated carbocycles. The van der Waals surface area contributed by atoms with Crippen molar-refractivity contribution in [3.63, 3.8) is 0 Å². The Morgan fingerprint density at radius 3 is 2.22 bits per heavy atom. The standard InChI is InChI=1S/C31H42N2O3/c1-25-12-17-29(36-25)23-33(20-18-26-10-7-6-8-11-26)30(34)24-32(19-9-21-35-5)22-27-13-15-28(16-14-27)31(2,3)4/h6-8,10-17H,9,18-24H2,1-5H3. The Bertz CT molecular complexity index is 1050. The summed E-state index contributed by atoms with van der Waals surface area (Å²) in [5.41, 5.74) is 3.87. The van der Waals surface area contributed by atoms with Crippen LogP contribution in [0.3, 0.4) is 0 Å². The number of methoxy groups -OCH3 is 1. The van der Waals surface area contributed by atoms with Crippen LogP contribution in [0.5, 0.6) is 0 Å². The lowest BCUT2D eigenvalue weighted by Crippen LogP contribution is -2.41. The number of nitrogens with zero attached hydrogens (tertiary/aromatic N) is 2. The minimum Gasteiger partial charge on any atom is -0.464 e. The lowest BCUT2D eigenvalue weighted by atomic mass is 9.87. The molecule has 5 heteroatoms. The lowest BCUT2D eigenvalue weighted by molar-refractivity contribution is -0.133. The Morgan fingerprint density at radius 2 is 1.61 bits per heavy atom. The Labute approximate surface area is 217 Å². The highest BCUT2D eigenvalue weighted by Crippen LogP contribution is 2.22. The van der Waals surface area contributed by atoms with Crippen LogP contribution in [-0.2, 0) is 34.5 Å². The fraction of sp³-hybridized carbons (Fsp3) is 0.452. The van der Waals surface area contributed by atoms with E-state index in [1.165, 1.54) is 16.7 Å². The van der Waals surface area contributed by atoms with Gasteiger partial charge in [0, 0.05) is 33.4 Å². The van der Waals surface area contributed by atoms with E-state index in [-0.39, 0.29) is 11.3 Å². The Morgan fingerprint density at radius 1 is 0.889 bits per heavy atom. The predicted molar refractivity (Wildman–Crippen MR) is 146 cm³/mol. The van der Waals surface area contributed by atoms with Crippen LogP contribution < -0.4 is 0 Å². The van der Waals surface area contributed by atoms with Crippen molar-refractivity contribution in [3.05, 3.63) is 94.9 Å². The highest BCUT2D eigenvalue weighted by atomic mass is 16.5. The molecule has 0 fully saturated rings. The summed E-state index contributed by atoms with van der Waals surface area (Å²) >= 11 is 0. The van der Waals surface area contributed by atoms with Gasteiger partial charge in [0.2, 0.25) is 5.91 Å². The van der Waals surface area contributed by atoms with Crippen LogP contribution in [-0.4, -0.2) is 49.1 Å². The van der Waals surface area contributed by atoms with Gasteiger partial charge in [-0.05, 0) is 54.0 Å². The molecule has 1 amide bonds. The summed E-state index contributed by atoms with van der Waals surface area (Å²) in [7, 11) is 1.72. The molecule has 2 aromatic carbocycles. The van der Waals surface area contributed by atoms with Gasteiger partial charge in [-0.3, -0.25) is 9.69 Å². The molecule has 0 bridgehead atoms. The Balaban J connectivity index is 1.71. The van der Waals surface area contributed by atoms with Crippen LogP contribution in [0.2, 0.25) is 0 Å². The lowest BCUT2D eigenvalue weighted by Gasteiger charge is -2.27. The molecule has 0 unspecified atom stereocenters. The SMILES string of the molecule is COCCCN(CC(=O)N(CCc1ccccc1)Cc1ccc(C)o1)Cc1ccc(C(C)(C)C)cc1. The van der Waals surface area contributed by atoms with E-state index in [4.69, 9.17) is 9.15 Å². The van der Waals surface area contributed by atoms with Crippen LogP contribution in [0, 0.1) is 6.92 Å². The van der Waals surface area contributed by atoms with Gasteiger partial charge in [0.1, 0.15) is 11.5 Å². The first-order valence-corrected chi connectivity index (χ1v) is 12.9. The molecule has 0 aliphatic heterocycles. The van der Waals surface area contributed by atoms with Crippen molar-refractivity contribution >= 4 is 5.91 Å². The molecule has 36 heavy (non-hydrogen) atoms. The molecule has 194 valence electrons. The number of hydrogen-bond donors (Lipinski definition) is 0. The monoisotopic (exact) mass is 490 g/mol. The maximum Gasteiger partial charge on any atom is 0.237 e. The van der Waals surface area contributed by atoms with E-state index in [1.807, 2.05) is 42.2 Å². The van der Waals surface area contributed by atoms with Crippen molar-refractivity contribution in [2.24, 2.45) is 0 Å². The summed E-state index contributed by atoms with van der Waals surface area (Å²) in [5, 5.41) is 0. The van der Waals surface area contributed by atoms with Gasteiger partial charge in [-0.2, -0.15) is 0 Å². The zero-order valence-corrected chi connectivity index (χ0v) is 22.6. The molecule has 0 aliphatic carbocycles. The number of carbonyl (C=O) groups excluding carboxylic acids is 1. The summed E-state index contributed by atoms with van der Waals surface area (Å²) in [6, 6.07) is 23.0. The molecule has 1 heterocycles. The minimum absolute atomic E-state index is 0.115. The summed E-state index contributed by atoms with van der Waals surface area (Å²) in [4.78, 5) is 17.8. The second kappa shape index (κ2) is 13.4. The molecule has 0 radical (unpaired) electrons. The number of benzene rings is 2. The molecule has 0 aliphatic rings. The van der Waals surface area contributed by atoms with E-state index in [9.17, 15) is 4.79 Å². The number of amides is 1. The minimum atomic E-state index is 0.115. The largest absolute Gasteiger partial charge is 0.464 e. The van der Waals surface area contributed by atoms with Gasteiger partial charge in [-0.25, -0.2) is 0 Å². The Kier molecular flexibility index (Phi) is 10.3. The van der Waals surface area contributed by atoms with Crippen molar-refractivity contribution in [1.82, 2.24) is 9.80 Å². The number of ether oxygens (including phenoxy) is 1. The highest BCUT2D eigenvalue weighted by Gasteiger charge is 2.20. The second-order valence-corrected chi connectivity index (χ2v) is 10.6. The Hall–Kier alpha value is -2.89. The number of carbonyl (C=O) groups is 1. The zero-order valence-electron chi connectivity index (χ0n) is 22.6. The smallest absolute Gasteiger partial charge is 0.237 e. The molecule has 3 aromatic rings. The maximum absolute atomic E-state index is 13.6. The third kappa shape index (κ3) is 8.96. The third-order valence-electron chi connectivity index (χ3n) is 6.42. The highest BCUT2D eigenvalue weighted by molar-refractivity contribution is 5.78. The maximum atomic E-state index is 13.6. The van der Waals surface area contributed by atoms with E-state index in [1.54, 1.807) is 7.11 Å². The molecular formula is C31H42N2O3. The fourth-order valence-electron chi connectivity index (χ4n) is 4.27. The van der Waals surface area contributed by atoms with Gasteiger partial charge < -0.3 is 14.1 Å². The van der Waals surface area contributed by atoms with Crippen molar-refractivity contribution in [2.45, 2.75) is 59.0 Å².